The molecule has 1 aliphatic rings. The molecule has 0 bridgehead atoms. The number of amides is 1. The Morgan fingerprint density at radius 1 is 1.03 bits per heavy atom. The molecule has 1 atom stereocenters. The first-order valence-corrected chi connectivity index (χ1v) is 12.2. The van der Waals surface area contributed by atoms with Gasteiger partial charge in [0.15, 0.2) is 5.60 Å². The number of aliphatic hydroxyl groups is 1. The summed E-state index contributed by atoms with van der Waals surface area (Å²) in [4.78, 5) is 29.3. The van der Waals surface area contributed by atoms with Gasteiger partial charge in [0.2, 0.25) is 5.96 Å². The van der Waals surface area contributed by atoms with E-state index in [1.165, 1.54) is 5.01 Å². The molecule has 0 spiro atoms. The smallest absolute Gasteiger partial charge is 0.327 e. The number of hydrazone groups is 1. The third-order valence-electron chi connectivity index (χ3n) is 5.60. The van der Waals surface area contributed by atoms with Gasteiger partial charge in [0.05, 0.1) is 13.2 Å². The Balaban J connectivity index is 1.73. The van der Waals surface area contributed by atoms with Gasteiger partial charge in [0.1, 0.15) is 12.3 Å². The second kappa shape index (κ2) is 11.6. The molecule has 0 aliphatic carbocycles. The van der Waals surface area contributed by atoms with Gasteiger partial charge in [-0.3, -0.25) is 14.9 Å². The fraction of sp³-hybridized carbons (Fsp3) is 0.185. The fourth-order valence-electron chi connectivity index (χ4n) is 3.81. The maximum absolute atomic E-state index is 13.0. The van der Waals surface area contributed by atoms with Crippen LogP contribution < -0.4 is 5.32 Å². The van der Waals surface area contributed by atoms with E-state index in [0.717, 1.165) is 0 Å². The van der Waals surface area contributed by atoms with Gasteiger partial charge < -0.3 is 9.84 Å². The molecule has 0 radical (unpaired) electrons. The molecule has 0 aromatic heterocycles. The van der Waals surface area contributed by atoms with Gasteiger partial charge in [-0.05, 0) is 48.9 Å². The number of ether oxygens (including phenoxy) is 1. The Kier molecular flexibility index (Phi) is 8.23. The Morgan fingerprint density at radius 3 is 2.27 bits per heavy atom. The lowest BCUT2D eigenvalue weighted by Crippen LogP contribution is -2.45. The number of carbonyl (C=O) groups is 2. The summed E-state index contributed by atoms with van der Waals surface area (Å²) in [7, 11) is 0. The largest absolute Gasteiger partial charge is 0.465 e. The molecule has 0 fully saturated rings. The van der Waals surface area contributed by atoms with E-state index in [1.807, 2.05) is 18.2 Å². The number of nitrogens with zero attached hydrogens (tertiary/aromatic N) is 3. The molecule has 2 N–H and O–H groups in total. The standard InChI is InChI=1S/C27H24Cl2N4O4/c1-2-37-23(34)16-30-26(31-25(35)19-10-14-22(29)15-11-19)33-17-27(36,20-6-4-3-5-7-20)24(32-33)18-8-12-21(28)13-9-18/h3-15,36H,2,16-17H2,1H3,(H,30,31,35). The minimum atomic E-state index is -1.55. The van der Waals surface area contributed by atoms with Crippen LogP contribution in [0.15, 0.2) is 89.0 Å². The van der Waals surface area contributed by atoms with Crippen molar-refractivity contribution in [3.8, 4) is 0 Å². The lowest BCUT2D eigenvalue weighted by atomic mass is 9.86. The summed E-state index contributed by atoms with van der Waals surface area (Å²) < 4.78 is 4.98. The quantitative estimate of drug-likeness (QED) is 0.277. The van der Waals surface area contributed by atoms with Gasteiger partial charge in [-0.25, -0.2) is 10.0 Å². The van der Waals surface area contributed by atoms with Crippen LogP contribution in [0.1, 0.15) is 28.4 Å². The lowest BCUT2D eigenvalue weighted by molar-refractivity contribution is -0.141. The Bertz CT molecular complexity index is 1330. The van der Waals surface area contributed by atoms with E-state index >= 15 is 0 Å². The summed E-state index contributed by atoms with van der Waals surface area (Å²) in [6.07, 6.45) is 0. The van der Waals surface area contributed by atoms with Crippen LogP contribution in [-0.4, -0.2) is 53.4 Å². The molecule has 1 aliphatic heterocycles. The molecule has 1 unspecified atom stereocenters. The monoisotopic (exact) mass is 538 g/mol. The normalized spacial score (nSPS) is 17.4. The fourth-order valence-corrected chi connectivity index (χ4v) is 4.06. The average molecular weight is 539 g/mol. The molecular formula is C27H24Cl2N4O4. The van der Waals surface area contributed by atoms with Crippen LogP contribution in [-0.2, 0) is 15.1 Å². The lowest BCUT2D eigenvalue weighted by Gasteiger charge is -2.26. The third-order valence-corrected chi connectivity index (χ3v) is 6.10. The molecule has 0 saturated heterocycles. The van der Waals surface area contributed by atoms with Crippen molar-refractivity contribution in [2.75, 3.05) is 19.7 Å². The highest BCUT2D eigenvalue weighted by atomic mass is 35.5. The van der Waals surface area contributed by atoms with Gasteiger partial charge >= 0.3 is 5.97 Å². The molecule has 8 nitrogen and oxygen atoms in total. The van der Waals surface area contributed by atoms with Crippen LogP contribution in [0.4, 0.5) is 0 Å². The predicted octanol–water partition coefficient (Wildman–Crippen LogP) is 4.25. The van der Waals surface area contributed by atoms with Crippen molar-refractivity contribution in [2.24, 2.45) is 10.1 Å². The molecule has 3 aromatic rings. The summed E-state index contributed by atoms with van der Waals surface area (Å²) in [5, 5.41) is 21.7. The van der Waals surface area contributed by atoms with Crippen molar-refractivity contribution in [3.05, 3.63) is 106 Å². The zero-order valence-electron chi connectivity index (χ0n) is 19.9. The highest BCUT2D eigenvalue weighted by Crippen LogP contribution is 2.33. The zero-order valence-corrected chi connectivity index (χ0v) is 21.4. The van der Waals surface area contributed by atoms with Crippen molar-refractivity contribution in [3.63, 3.8) is 0 Å². The second-order valence-corrected chi connectivity index (χ2v) is 9.02. The summed E-state index contributed by atoms with van der Waals surface area (Å²) in [6.45, 7) is 1.46. The van der Waals surface area contributed by atoms with E-state index in [4.69, 9.17) is 27.9 Å². The van der Waals surface area contributed by atoms with Crippen LogP contribution in [0.2, 0.25) is 10.0 Å². The number of nitrogens with one attached hydrogen (secondary N) is 1. The number of halogens is 2. The van der Waals surface area contributed by atoms with E-state index in [-0.39, 0.29) is 25.7 Å². The van der Waals surface area contributed by atoms with Crippen molar-refractivity contribution in [2.45, 2.75) is 12.5 Å². The Labute approximate surface area is 224 Å². The number of hydrogen-bond donors (Lipinski definition) is 2. The molecule has 1 heterocycles. The SMILES string of the molecule is CCOC(=O)CN=C(NC(=O)c1ccc(Cl)cc1)N1CC(O)(c2ccccc2)C(c2ccc(Cl)cc2)=N1. The number of guanidine groups is 1. The molecule has 37 heavy (non-hydrogen) atoms. The first-order chi connectivity index (χ1) is 17.8. The summed E-state index contributed by atoms with van der Waals surface area (Å²) in [5.74, 6) is -1.08. The van der Waals surface area contributed by atoms with Gasteiger partial charge in [-0.15, -0.1) is 0 Å². The number of hydrogen-bond acceptors (Lipinski definition) is 6. The topological polar surface area (TPSA) is 104 Å². The average Bonchev–Trinajstić information content (AvgIpc) is 3.26. The number of esters is 1. The van der Waals surface area contributed by atoms with E-state index in [2.05, 4.69) is 15.4 Å². The summed E-state index contributed by atoms with van der Waals surface area (Å²) in [6, 6.07) is 22.3. The zero-order chi connectivity index (χ0) is 26.4. The van der Waals surface area contributed by atoms with Gasteiger partial charge in [-0.1, -0.05) is 65.7 Å². The molecule has 4 rings (SSSR count). The Hall–Kier alpha value is -3.72. The number of rotatable bonds is 6. The maximum Gasteiger partial charge on any atom is 0.327 e. The number of β-amino-alcohol motifs (C(OH)–C–C–N with tert-alkyl or cyclic N) is 1. The molecule has 190 valence electrons. The summed E-state index contributed by atoms with van der Waals surface area (Å²) >= 11 is 12.0. The van der Waals surface area contributed by atoms with E-state index in [9.17, 15) is 14.7 Å². The maximum atomic E-state index is 13.0. The van der Waals surface area contributed by atoms with Gasteiger partial charge in [0, 0.05) is 21.2 Å². The number of benzene rings is 3. The predicted molar refractivity (Wildman–Crippen MR) is 143 cm³/mol. The van der Waals surface area contributed by atoms with Crippen LogP contribution in [0.5, 0.6) is 0 Å². The minimum absolute atomic E-state index is 0.0219. The Morgan fingerprint density at radius 2 is 1.65 bits per heavy atom. The first kappa shape index (κ1) is 26.3. The molecule has 10 heteroatoms. The van der Waals surface area contributed by atoms with E-state index in [0.29, 0.717) is 32.4 Å². The summed E-state index contributed by atoms with van der Waals surface area (Å²) in [5.41, 5.74) is 0.338. The highest BCUT2D eigenvalue weighted by molar-refractivity contribution is 6.31. The van der Waals surface area contributed by atoms with Crippen molar-refractivity contribution >= 4 is 46.7 Å². The minimum Gasteiger partial charge on any atom is -0.465 e. The van der Waals surface area contributed by atoms with Gasteiger partial charge in [-0.2, -0.15) is 5.10 Å². The first-order valence-electron chi connectivity index (χ1n) is 11.5. The molecular weight excluding hydrogens is 515 g/mol. The molecule has 1 amide bonds. The number of carbonyl (C=O) groups excluding carboxylic acids is 2. The van der Waals surface area contributed by atoms with Crippen molar-refractivity contribution in [1.82, 2.24) is 10.3 Å². The highest BCUT2D eigenvalue weighted by Gasteiger charge is 2.44. The molecule has 3 aromatic carbocycles. The van der Waals surface area contributed by atoms with Crippen LogP contribution in [0, 0.1) is 0 Å². The molecule has 0 saturated carbocycles. The van der Waals surface area contributed by atoms with Crippen LogP contribution in [0.3, 0.4) is 0 Å². The van der Waals surface area contributed by atoms with Crippen molar-refractivity contribution in [1.29, 1.82) is 0 Å². The van der Waals surface area contributed by atoms with Crippen LogP contribution >= 0.6 is 23.2 Å². The number of aliphatic imine (C=N–C) groups is 1. The van der Waals surface area contributed by atoms with E-state index in [1.54, 1.807) is 67.6 Å². The van der Waals surface area contributed by atoms with Crippen LogP contribution in [0.25, 0.3) is 0 Å². The second-order valence-electron chi connectivity index (χ2n) is 8.15. The van der Waals surface area contributed by atoms with Gasteiger partial charge in [0.25, 0.3) is 5.91 Å². The third kappa shape index (κ3) is 6.17. The van der Waals surface area contributed by atoms with Crippen molar-refractivity contribution < 1.29 is 19.4 Å². The van der Waals surface area contributed by atoms with E-state index < -0.39 is 17.5 Å².